The number of hydrogen-bond donors (Lipinski definition) is 1. The molecule has 0 saturated carbocycles. The summed E-state index contributed by atoms with van der Waals surface area (Å²) in [5.74, 6) is 1.30. The Morgan fingerprint density at radius 1 is 1.09 bits per heavy atom. The van der Waals surface area contributed by atoms with Gasteiger partial charge in [-0.15, -0.1) is 0 Å². The van der Waals surface area contributed by atoms with Crippen LogP contribution in [-0.2, 0) is 6.54 Å². The molecule has 1 atom stereocenters. The van der Waals surface area contributed by atoms with E-state index < -0.39 is 0 Å². The highest BCUT2D eigenvalue weighted by Crippen LogP contribution is 2.28. The van der Waals surface area contributed by atoms with E-state index in [9.17, 15) is 4.79 Å². The topological polar surface area (TPSA) is 66.9 Å². The Kier molecular flexibility index (Phi) is 7.65. The molecule has 4 rings (SSSR count). The number of fused-ring (bicyclic) bond motifs is 1. The lowest BCUT2D eigenvalue weighted by Gasteiger charge is -2.22. The molecule has 1 amide bonds. The SMILES string of the molecule is CNCC[C@H](Oc1ccc(CN2CCN(C)c3cc(OC)ncc3C2=O)cc1)c1ccccc1. The molecule has 7 nitrogen and oxygen atoms in total. The fourth-order valence-corrected chi connectivity index (χ4v) is 4.13. The largest absolute Gasteiger partial charge is 0.486 e. The summed E-state index contributed by atoms with van der Waals surface area (Å²) in [4.78, 5) is 21.4. The fraction of sp³-hybridized carbons (Fsp3) is 0.333. The third-order valence-corrected chi connectivity index (χ3v) is 6.10. The number of aromatic nitrogens is 1. The van der Waals surface area contributed by atoms with Gasteiger partial charge >= 0.3 is 0 Å². The Bertz CT molecular complexity index is 1090. The molecule has 0 fully saturated rings. The van der Waals surface area contributed by atoms with Crippen molar-refractivity contribution in [1.29, 1.82) is 0 Å². The number of benzene rings is 2. The van der Waals surface area contributed by atoms with Crippen molar-refractivity contribution in [3.05, 3.63) is 83.6 Å². The lowest BCUT2D eigenvalue weighted by molar-refractivity contribution is 0.0754. The maximum absolute atomic E-state index is 13.2. The molecule has 7 heteroatoms. The molecule has 1 aliphatic rings. The summed E-state index contributed by atoms with van der Waals surface area (Å²) in [7, 11) is 5.51. The number of nitrogens with zero attached hydrogens (tertiary/aromatic N) is 3. The van der Waals surface area contributed by atoms with Crippen molar-refractivity contribution in [3.63, 3.8) is 0 Å². The van der Waals surface area contributed by atoms with Crippen LogP contribution in [0.15, 0.2) is 66.9 Å². The molecule has 2 heterocycles. The van der Waals surface area contributed by atoms with Crippen LogP contribution in [0.4, 0.5) is 5.69 Å². The van der Waals surface area contributed by atoms with Crippen LogP contribution in [0.2, 0.25) is 0 Å². The number of carbonyl (C=O) groups is 1. The highest BCUT2D eigenvalue weighted by atomic mass is 16.5. The molecule has 0 radical (unpaired) electrons. The van der Waals surface area contributed by atoms with Crippen LogP contribution < -0.4 is 19.7 Å². The Morgan fingerprint density at radius 3 is 2.56 bits per heavy atom. The molecule has 1 N–H and O–H groups in total. The molecule has 1 aromatic heterocycles. The molecule has 178 valence electrons. The predicted molar refractivity (Wildman–Crippen MR) is 134 cm³/mol. The zero-order valence-corrected chi connectivity index (χ0v) is 20.0. The van der Waals surface area contributed by atoms with Crippen molar-refractivity contribution in [1.82, 2.24) is 15.2 Å². The maximum Gasteiger partial charge on any atom is 0.257 e. The van der Waals surface area contributed by atoms with E-state index in [-0.39, 0.29) is 12.0 Å². The minimum absolute atomic E-state index is 0.0222. The van der Waals surface area contributed by atoms with Gasteiger partial charge in [-0.1, -0.05) is 42.5 Å². The summed E-state index contributed by atoms with van der Waals surface area (Å²) >= 11 is 0. The first kappa shape index (κ1) is 23.6. The van der Waals surface area contributed by atoms with Crippen LogP contribution in [0.1, 0.15) is 34.0 Å². The Labute approximate surface area is 201 Å². The summed E-state index contributed by atoms with van der Waals surface area (Å²) in [5, 5.41) is 3.20. The fourth-order valence-electron chi connectivity index (χ4n) is 4.13. The van der Waals surface area contributed by atoms with Crippen LogP contribution in [0, 0.1) is 0 Å². The minimum atomic E-state index is -0.0248. The second-order valence-electron chi connectivity index (χ2n) is 8.45. The summed E-state index contributed by atoms with van der Waals surface area (Å²) in [6, 6.07) is 20.1. The molecule has 0 saturated heterocycles. The zero-order valence-electron chi connectivity index (χ0n) is 20.0. The normalized spacial score (nSPS) is 14.4. The van der Waals surface area contributed by atoms with E-state index in [0.29, 0.717) is 24.5 Å². The van der Waals surface area contributed by atoms with E-state index >= 15 is 0 Å². The van der Waals surface area contributed by atoms with Crippen molar-refractivity contribution in [3.8, 4) is 11.6 Å². The number of carbonyl (C=O) groups excluding carboxylic acids is 1. The van der Waals surface area contributed by atoms with E-state index in [1.54, 1.807) is 13.3 Å². The van der Waals surface area contributed by atoms with Crippen LogP contribution >= 0.6 is 0 Å². The number of hydrogen-bond acceptors (Lipinski definition) is 6. The molecular formula is C27H32N4O3. The van der Waals surface area contributed by atoms with E-state index in [2.05, 4.69) is 27.3 Å². The average Bonchev–Trinajstić information content (AvgIpc) is 2.99. The van der Waals surface area contributed by atoms with Crippen LogP contribution in [0.25, 0.3) is 0 Å². The first-order valence-corrected chi connectivity index (χ1v) is 11.6. The predicted octanol–water partition coefficient (Wildman–Crippen LogP) is 3.91. The summed E-state index contributed by atoms with van der Waals surface area (Å²) in [6.45, 7) is 2.76. The highest BCUT2D eigenvalue weighted by Gasteiger charge is 2.26. The van der Waals surface area contributed by atoms with Crippen molar-refractivity contribution >= 4 is 11.6 Å². The number of rotatable bonds is 9. The smallest absolute Gasteiger partial charge is 0.257 e. The number of anilines is 1. The molecule has 0 aliphatic carbocycles. The molecule has 2 aromatic carbocycles. The second kappa shape index (κ2) is 11.0. The van der Waals surface area contributed by atoms with Crippen LogP contribution in [0.3, 0.4) is 0 Å². The van der Waals surface area contributed by atoms with Gasteiger partial charge in [0.1, 0.15) is 11.9 Å². The van der Waals surface area contributed by atoms with Gasteiger partial charge in [0.15, 0.2) is 0 Å². The number of pyridine rings is 1. The quantitative estimate of drug-likeness (QED) is 0.522. The maximum atomic E-state index is 13.2. The number of amides is 1. The molecule has 0 unspecified atom stereocenters. The monoisotopic (exact) mass is 460 g/mol. The molecule has 1 aliphatic heterocycles. The first-order valence-electron chi connectivity index (χ1n) is 11.6. The van der Waals surface area contributed by atoms with Crippen LogP contribution in [0.5, 0.6) is 11.6 Å². The number of ether oxygens (including phenoxy) is 2. The zero-order chi connectivity index (χ0) is 23.9. The van der Waals surface area contributed by atoms with Gasteiger partial charge < -0.3 is 24.6 Å². The molecular weight excluding hydrogens is 428 g/mol. The average molecular weight is 461 g/mol. The standard InChI is InChI=1S/C27H32N4O3/c1-28-14-13-25(21-7-5-4-6-8-21)34-22-11-9-20(10-12-22)19-31-16-15-30(2)24-17-26(33-3)29-18-23(24)27(31)32/h4-12,17-18,25,28H,13-16,19H2,1-3H3/t25-/m0/s1. The van der Waals surface area contributed by atoms with Crippen LogP contribution in [-0.4, -0.2) is 56.6 Å². The van der Waals surface area contributed by atoms with E-state index in [1.807, 2.05) is 67.5 Å². The van der Waals surface area contributed by atoms with Crippen molar-refractivity contribution < 1.29 is 14.3 Å². The van der Waals surface area contributed by atoms with Gasteiger partial charge in [0.25, 0.3) is 5.91 Å². The lowest BCUT2D eigenvalue weighted by atomic mass is 10.1. The van der Waals surface area contributed by atoms with Gasteiger partial charge in [-0.3, -0.25) is 4.79 Å². The Balaban J connectivity index is 1.46. The van der Waals surface area contributed by atoms with E-state index in [0.717, 1.165) is 42.1 Å². The van der Waals surface area contributed by atoms with Crippen molar-refractivity contribution in [2.24, 2.45) is 0 Å². The van der Waals surface area contributed by atoms with Gasteiger partial charge in [-0.25, -0.2) is 4.98 Å². The van der Waals surface area contributed by atoms with Crippen molar-refractivity contribution in [2.75, 3.05) is 45.7 Å². The lowest BCUT2D eigenvalue weighted by Crippen LogP contribution is -2.33. The molecule has 0 bridgehead atoms. The summed E-state index contributed by atoms with van der Waals surface area (Å²) < 4.78 is 11.6. The third-order valence-electron chi connectivity index (χ3n) is 6.10. The number of likely N-dealkylation sites (N-methyl/N-ethyl adjacent to an activating group) is 1. The third kappa shape index (κ3) is 5.48. The van der Waals surface area contributed by atoms with Gasteiger partial charge in [0.05, 0.1) is 18.4 Å². The number of nitrogens with one attached hydrogen (secondary N) is 1. The van der Waals surface area contributed by atoms with E-state index in [1.165, 1.54) is 0 Å². The van der Waals surface area contributed by atoms with Gasteiger partial charge in [0, 0.05) is 45.4 Å². The van der Waals surface area contributed by atoms with Gasteiger partial charge in [0.2, 0.25) is 5.88 Å². The first-order chi connectivity index (χ1) is 16.6. The number of methoxy groups -OCH3 is 1. The Hall–Kier alpha value is -3.58. The van der Waals surface area contributed by atoms with Gasteiger partial charge in [-0.05, 0) is 36.9 Å². The molecule has 0 spiro atoms. The van der Waals surface area contributed by atoms with Gasteiger partial charge in [-0.2, -0.15) is 0 Å². The van der Waals surface area contributed by atoms with E-state index in [4.69, 9.17) is 9.47 Å². The van der Waals surface area contributed by atoms with Crippen molar-refractivity contribution in [2.45, 2.75) is 19.1 Å². The Morgan fingerprint density at radius 2 is 1.85 bits per heavy atom. The molecule has 3 aromatic rings. The minimum Gasteiger partial charge on any atom is -0.486 e. The molecule has 34 heavy (non-hydrogen) atoms. The highest BCUT2D eigenvalue weighted by molar-refractivity contribution is 6.00. The summed E-state index contributed by atoms with van der Waals surface area (Å²) in [6.07, 6.45) is 2.45. The second-order valence-corrected chi connectivity index (χ2v) is 8.45. The summed E-state index contributed by atoms with van der Waals surface area (Å²) in [5.41, 5.74) is 3.65.